The van der Waals surface area contributed by atoms with Crippen LogP contribution in [0.2, 0.25) is 0 Å². The van der Waals surface area contributed by atoms with Crippen molar-refractivity contribution in [3.05, 3.63) is 34.1 Å². The number of hydrogen-bond donors (Lipinski definition) is 1. The van der Waals surface area contributed by atoms with Crippen LogP contribution in [0.15, 0.2) is 18.2 Å². The SMILES string of the molecule is CCCNCCCOc1ccc([N+](=O)[O-])cc1F. The summed E-state index contributed by atoms with van der Waals surface area (Å²) in [5.41, 5.74) is -0.274. The van der Waals surface area contributed by atoms with Crippen LogP contribution < -0.4 is 10.1 Å². The van der Waals surface area contributed by atoms with Crippen molar-refractivity contribution < 1.29 is 14.1 Å². The van der Waals surface area contributed by atoms with Gasteiger partial charge in [0.25, 0.3) is 5.69 Å². The summed E-state index contributed by atoms with van der Waals surface area (Å²) in [4.78, 5) is 9.78. The molecule has 1 N–H and O–H groups in total. The summed E-state index contributed by atoms with van der Waals surface area (Å²) in [7, 11) is 0. The molecule has 0 aliphatic carbocycles. The van der Waals surface area contributed by atoms with Crippen LogP contribution in [0.5, 0.6) is 5.75 Å². The van der Waals surface area contributed by atoms with Crippen molar-refractivity contribution in [2.24, 2.45) is 0 Å². The molecule has 0 aliphatic rings. The molecular formula is C12H17FN2O3. The molecule has 0 fully saturated rings. The highest BCUT2D eigenvalue weighted by molar-refractivity contribution is 5.37. The Balaban J connectivity index is 2.36. The molecule has 0 saturated heterocycles. The maximum Gasteiger partial charge on any atom is 0.272 e. The largest absolute Gasteiger partial charge is 0.490 e. The molecular weight excluding hydrogens is 239 g/mol. The van der Waals surface area contributed by atoms with Gasteiger partial charge >= 0.3 is 0 Å². The van der Waals surface area contributed by atoms with Gasteiger partial charge in [0.05, 0.1) is 17.6 Å². The van der Waals surface area contributed by atoms with Crippen LogP contribution in [0.3, 0.4) is 0 Å². The number of nitrogens with one attached hydrogen (secondary N) is 1. The zero-order valence-corrected chi connectivity index (χ0v) is 10.3. The highest BCUT2D eigenvalue weighted by Gasteiger charge is 2.11. The van der Waals surface area contributed by atoms with E-state index in [-0.39, 0.29) is 11.4 Å². The second kappa shape index (κ2) is 7.60. The number of rotatable bonds is 8. The van der Waals surface area contributed by atoms with E-state index in [2.05, 4.69) is 12.2 Å². The quantitative estimate of drug-likeness (QED) is 0.441. The van der Waals surface area contributed by atoms with Crippen LogP contribution in [0.25, 0.3) is 0 Å². The third kappa shape index (κ3) is 4.67. The van der Waals surface area contributed by atoms with Crippen LogP contribution in [0, 0.1) is 15.9 Å². The molecule has 0 heterocycles. The molecule has 18 heavy (non-hydrogen) atoms. The molecule has 0 spiro atoms. The Morgan fingerprint density at radius 2 is 2.22 bits per heavy atom. The summed E-state index contributed by atoms with van der Waals surface area (Å²) in [5, 5.41) is 13.6. The van der Waals surface area contributed by atoms with E-state index >= 15 is 0 Å². The van der Waals surface area contributed by atoms with E-state index in [0.717, 1.165) is 32.0 Å². The number of non-ortho nitro benzene ring substituents is 1. The monoisotopic (exact) mass is 256 g/mol. The molecule has 0 aromatic heterocycles. The van der Waals surface area contributed by atoms with Crippen LogP contribution >= 0.6 is 0 Å². The lowest BCUT2D eigenvalue weighted by atomic mass is 10.3. The summed E-state index contributed by atoms with van der Waals surface area (Å²) in [6, 6.07) is 3.38. The molecule has 0 aliphatic heterocycles. The molecule has 6 heteroatoms. The average molecular weight is 256 g/mol. The van der Waals surface area contributed by atoms with Crippen molar-refractivity contribution >= 4 is 5.69 Å². The number of nitro groups is 1. The number of halogens is 1. The van der Waals surface area contributed by atoms with E-state index in [1.807, 2.05) is 0 Å². The number of benzene rings is 1. The normalized spacial score (nSPS) is 10.3. The molecule has 1 aromatic carbocycles. The Hall–Kier alpha value is -1.69. The Morgan fingerprint density at radius 1 is 1.44 bits per heavy atom. The lowest BCUT2D eigenvalue weighted by Gasteiger charge is -2.07. The summed E-state index contributed by atoms with van der Waals surface area (Å²) >= 11 is 0. The van der Waals surface area contributed by atoms with Crippen LogP contribution in [-0.4, -0.2) is 24.6 Å². The van der Waals surface area contributed by atoms with Crippen molar-refractivity contribution in [3.8, 4) is 5.75 Å². The van der Waals surface area contributed by atoms with Gasteiger partial charge in [-0.1, -0.05) is 6.92 Å². The van der Waals surface area contributed by atoms with Crippen molar-refractivity contribution in [2.45, 2.75) is 19.8 Å². The van der Waals surface area contributed by atoms with Crippen LogP contribution in [0.1, 0.15) is 19.8 Å². The Kier molecular flexibility index (Phi) is 6.07. The van der Waals surface area contributed by atoms with Gasteiger partial charge in [-0.15, -0.1) is 0 Å². The molecule has 0 saturated carbocycles. The second-order valence-corrected chi connectivity index (χ2v) is 3.82. The maximum atomic E-state index is 13.4. The van der Waals surface area contributed by atoms with Crippen LogP contribution in [-0.2, 0) is 0 Å². The number of nitro benzene ring substituents is 1. The van der Waals surface area contributed by atoms with Gasteiger partial charge in [0.2, 0.25) is 0 Å². The zero-order chi connectivity index (χ0) is 13.4. The second-order valence-electron chi connectivity index (χ2n) is 3.82. The van der Waals surface area contributed by atoms with Crippen LogP contribution in [0.4, 0.5) is 10.1 Å². The Bertz CT molecular complexity index is 399. The number of ether oxygens (including phenoxy) is 1. The fourth-order valence-corrected chi connectivity index (χ4v) is 1.40. The fraction of sp³-hybridized carbons (Fsp3) is 0.500. The minimum atomic E-state index is -0.703. The fourth-order valence-electron chi connectivity index (χ4n) is 1.40. The maximum absolute atomic E-state index is 13.4. The third-order valence-electron chi connectivity index (χ3n) is 2.31. The minimum Gasteiger partial charge on any atom is -0.490 e. The van der Waals surface area contributed by atoms with Gasteiger partial charge in [0, 0.05) is 6.07 Å². The standard InChI is InChI=1S/C12H17FN2O3/c1-2-6-14-7-3-8-18-12-5-4-10(15(16)17)9-11(12)13/h4-5,9,14H,2-3,6-8H2,1H3. The van der Waals surface area contributed by atoms with Gasteiger partial charge in [0.15, 0.2) is 11.6 Å². The molecule has 100 valence electrons. The van der Waals surface area contributed by atoms with Gasteiger partial charge in [-0.05, 0) is 32.0 Å². The first-order chi connectivity index (χ1) is 8.65. The van der Waals surface area contributed by atoms with Gasteiger partial charge in [-0.3, -0.25) is 10.1 Å². The number of hydrogen-bond acceptors (Lipinski definition) is 4. The van der Waals surface area contributed by atoms with Gasteiger partial charge in [-0.25, -0.2) is 4.39 Å². The van der Waals surface area contributed by atoms with Crippen molar-refractivity contribution in [1.82, 2.24) is 5.32 Å². The molecule has 0 unspecified atom stereocenters. The van der Waals surface area contributed by atoms with Crippen molar-refractivity contribution in [2.75, 3.05) is 19.7 Å². The van der Waals surface area contributed by atoms with E-state index in [0.29, 0.717) is 6.61 Å². The predicted molar refractivity (Wildman–Crippen MR) is 66.3 cm³/mol. The first-order valence-corrected chi connectivity index (χ1v) is 5.92. The topological polar surface area (TPSA) is 64.4 Å². The first-order valence-electron chi connectivity index (χ1n) is 5.92. The Morgan fingerprint density at radius 3 is 2.83 bits per heavy atom. The summed E-state index contributed by atoms with van der Waals surface area (Å²) < 4.78 is 18.6. The lowest BCUT2D eigenvalue weighted by molar-refractivity contribution is -0.385. The zero-order valence-electron chi connectivity index (χ0n) is 10.3. The predicted octanol–water partition coefficient (Wildman–Crippen LogP) is 2.50. The van der Waals surface area contributed by atoms with Gasteiger partial charge < -0.3 is 10.1 Å². The molecule has 0 bridgehead atoms. The van der Waals surface area contributed by atoms with E-state index in [1.54, 1.807) is 0 Å². The third-order valence-corrected chi connectivity index (χ3v) is 2.31. The average Bonchev–Trinajstić information content (AvgIpc) is 2.35. The minimum absolute atomic E-state index is 0.0519. The summed E-state index contributed by atoms with van der Waals surface area (Å²) in [5.74, 6) is -0.651. The molecule has 0 radical (unpaired) electrons. The molecule has 0 atom stereocenters. The molecule has 0 amide bonds. The highest BCUT2D eigenvalue weighted by Crippen LogP contribution is 2.22. The smallest absolute Gasteiger partial charge is 0.272 e. The van der Waals surface area contributed by atoms with E-state index < -0.39 is 10.7 Å². The Labute approximate surface area is 105 Å². The van der Waals surface area contributed by atoms with E-state index in [4.69, 9.17) is 4.74 Å². The molecule has 5 nitrogen and oxygen atoms in total. The number of nitrogens with zero attached hydrogens (tertiary/aromatic N) is 1. The lowest BCUT2D eigenvalue weighted by Crippen LogP contribution is -2.18. The van der Waals surface area contributed by atoms with E-state index in [1.165, 1.54) is 12.1 Å². The molecule has 1 rings (SSSR count). The van der Waals surface area contributed by atoms with Gasteiger partial charge in [-0.2, -0.15) is 0 Å². The van der Waals surface area contributed by atoms with E-state index in [9.17, 15) is 14.5 Å². The molecule has 1 aromatic rings. The summed E-state index contributed by atoms with van der Waals surface area (Å²) in [6.07, 6.45) is 1.83. The first kappa shape index (κ1) is 14.4. The van der Waals surface area contributed by atoms with Crippen molar-refractivity contribution in [3.63, 3.8) is 0 Å². The summed E-state index contributed by atoms with van der Waals surface area (Å²) in [6.45, 7) is 4.22. The highest BCUT2D eigenvalue weighted by atomic mass is 19.1. The van der Waals surface area contributed by atoms with Crippen molar-refractivity contribution in [1.29, 1.82) is 0 Å². The van der Waals surface area contributed by atoms with Gasteiger partial charge in [0.1, 0.15) is 0 Å².